The van der Waals surface area contributed by atoms with Gasteiger partial charge in [0.2, 0.25) is 5.91 Å². The number of ether oxygens (including phenoxy) is 1. The normalized spacial score (nSPS) is 23.7. The Morgan fingerprint density at radius 3 is 2.49 bits per heavy atom. The van der Waals surface area contributed by atoms with Gasteiger partial charge in [-0.1, -0.05) is 42.5 Å². The van der Waals surface area contributed by atoms with Crippen LogP contribution in [0, 0.1) is 23.1 Å². The lowest BCUT2D eigenvalue weighted by atomic mass is 9.88. The second kappa shape index (κ2) is 12.2. The van der Waals surface area contributed by atoms with Gasteiger partial charge in [-0.2, -0.15) is 5.26 Å². The molecule has 0 aromatic heterocycles. The number of hydrogen-bond acceptors (Lipinski definition) is 5. The van der Waals surface area contributed by atoms with Crippen LogP contribution in [-0.2, 0) is 22.5 Å². The summed E-state index contributed by atoms with van der Waals surface area (Å²) in [6, 6.07) is 16.3. The third kappa shape index (κ3) is 6.90. The summed E-state index contributed by atoms with van der Waals surface area (Å²) in [4.78, 5) is 30.3. The van der Waals surface area contributed by atoms with E-state index in [0.29, 0.717) is 11.5 Å². The number of amides is 2. The van der Waals surface area contributed by atoms with E-state index in [1.807, 2.05) is 12.1 Å². The smallest absolute Gasteiger partial charge is 0.411 e. The predicted molar refractivity (Wildman–Crippen MR) is 154 cm³/mol. The summed E-state index contributed by atoms with van der Waals surface area (Å²) in [5.41, 5.74) is 2.02. The quantitative estimate of drug-likeness (QED) is 0.480. The van der Waals surface area contributed by atoms with Crippen LogP contribution in [0.3, 0.4) is 0 Å². The van der Waals surface area contributed by atoms with E-state index in [1.54, 1.807) is 37.8 Å². The van der Waals surface area contributed by atoms with E-state index in [1.165, 1.54) is 5.56 Å². The molecule has 3 aliphatic rings. The molecule has 41 heavy (non-hydrogen) atoms. The molecule has 2 aromatic rings. The second-order valence-corrected chi connectivity index (χ2v) is 12.8. The monoisotopic (exact) mass is 560 g/mol. The number of nitrogens with zero attached hydrogens (tertiary/aromatic N) is 3. The first-order chi connectivity index (χ1) is 19.6. The van der Waals surface area contributed by atoms with E-state index in [9.17, 15) is 14.9 Å². The van der Waals surface area contributed by atoms with Crippen LogP contribution in [0.25, 0.3) is 0 Å². The van der Waals surface area contributed by atoms with E-state index in [0.717, 1.165) is 57.3 Å². The standard InChI is InChI=1S/C33H41FN4O3/c1-33(2,3)41-32(40)38-28-12-11-26(18-28)30(38)31(39)36-27(20-35)17-25-10-9-24(19-29(25)34)23-13-15-37(16-14-23)21-22-7-5-4-6-8-22/h4-10,19,23,26-28,30H,11-18,21H2,1-3H3,(H,36,39). The van der Waals surface area contributed by atoms with E-state index < -0.39 is 23.8 Å². The van der Waals surface area contributed by atoms with Crippen molar-refractivity contribution in [2.45, 2.75) is 95.5 Å². The van der Waals surface area contributed by atoms with Crippen LogP contribution in [0.1, 0.15) is 75.5 Å². The van der Waals surface area contributed by atoms with Gasteiger partial charge in [-0.3, -0.25) is 14.6 Å². The van der Waals surface area contributed by atoms with Crippen LogP contribution in [0.15, 0.2) is 48.5 Å². The molecule has 1 saturated carbocycles. The van der Waals surface area contributed by atoms with Gasteiger partial charge in [-0.05, 0) is 101 Å². The third-order valence-corrected chi connectivity index (χ3v) is 8.74. The lowest BCUT2D eigenvalue weighted by Crippen LogP contribution is -2.55. The van der Waals surface area contributed by atoms with Gasteiger partial charge < -0.3 is 10.1 Å². The zero-order valence-corrected chi connectivity index (χ0v) is 24.3. The Balaban J connectivity index is 1.17. The number of fused-ring (bicyclic) bond motifs is 2. The van der Waals surface area contributed by atoms with Gasteiger partial charge in [0.05, 0.1) is 6.07 Å². The average molecular weight is 561 g/mol. The maximum absolute atomic E-state index is 15.3. The van der Waals surface area contributed by atoms with Crippen molar-refractivity contribution >= 4 is 12.0 Å². The molecule has 218 valence electrons. The van der Waals surface area contributed by atoms with E-state index in [-0.39, 0.29) is 30.1 Å². The molecule has 2 saturated heterocycles. The van der Waals surface area contributed by atoms with E-state index in [2.05, 4.69) is 40.6 Å². The average Bonchev–Trinajstić information content (AvgIpc) is 3.56. The molecular formula is C33H41FN4O3. The molecule has 1 N–H and O–H groups in total. The Morgan fingerprint density at radius 2 is 1.83 bits per heavy atom. The molecule has 2 amide bonds. The van der Waals surface area contributed by atoms with Crippen molar-refractivity contribution in [1.29, 1.82) is 5.26 Å². The summed E-state index contributed by atoms with van der Waals surface area (Å²) in [7, 11) is 0. The van der Waals surface area contributed by atoms with Gasteiger partial charge >= 0.3 is 6.09 Å². The molecule has 2 bridgehead atoms. The minimum atomic E-state index is -0.899. The first-order valence-electron chi connectivity index (χ1n) is 14.9. The Labute approximate surface area is 242 Å². The Bertz CT molecular complexity index is 1280. The Kier molecular flexibility index (Phi) is 8.65. The van der Waals surface area contributed by atoms with Crippen molar-refractivity contribution in [1.82, 2.24) is 15.1 Å². The number of halogens is 1. The fraction of sp³-hybridized carbons (Fsp3) is 0.545. The maximum atomic E-state index is 15.3. The Hall–Kier alpha value is -3.44. The highest BCUT2D eigenvalue weighted by Gasteiger charge is 2.52. The number of nitriles is 1. The van der Waals surface area contributed by atoms with Crippen LogP contribution in [0.2, 0.25) is 0 Å². The molecule has 0 radical (unpaired) electrons. The number of nitrogens with one attached hydrogen (secondary N) is 1. The number of hydrogen-bond donors (Lipinski definition) is 1. The maximum Gasteiger partial charge on any atom is 0.411 e. The van der Waals surface area contributed by atoms with Gasteiger partial charge in [-0.25, -0.2) is 9.18 Å². The number of carbonyl (C=O) groups excluding carboxylic acids is 2. The van der Waals surface area contributed by atoms with Crippen molar-refractivity contribution in [2.24, 2.45) is 5.92 Å². The Morgan fingerprint density at radius 1 is 1.10 bits per heavy atom. The topological polar surface area (TPSA) is 85.7 Å². The third-order valence-electron chi connectivity index (χ3n) is 8.74. The first kappa shape index (κ1) is 29.1. The molecule has 7 nitrogen and oxygen atoms in total. The summed E-state index contributed by atoms with van der Waals surface area (Å²) in [6.45, 7) is 8.27. The summed E-state index contributed by atoms with van der Waals surface area (Å²) in [6.07, 6.45) is 3.98. The SMILES string of the molecule is CC(C)(C)OC(=O)N1C2CCC(C2)C1C(=O)NC(C#N)Cc1ccc(C2CCN(Cc3ccccc3)CC2)cc1F. The lowest BCUT2D eigenvalue weighted by Gasteiger charge is -2.35. The molecule has 2 aromatic carbocycles. The highest BCUT2D eigenvalue weighted by molar-refractivity contribution is 5.87. The number of rotatable bonds is 7. The van der Waals surface area contributed by atoms with E-state index in [4.69, 9.17) is 4.74 Å². The highest BCUT2D eigenvalue weighted by atomic mass is 19.1. The number of piperidine rings is 2. The zero-order valence-electron chi connectivity index (χ0n) is 24.3. The predicted octanol–water partition coefficient (Wildman–Crippen LogP) is 5.54. The molecule has 3 fully saturated rings. The van der Waals surface area contributed by atoms with Gasteiger partial charge in [0, 0.05) is 19.0 Å². The summed E-state index contributed by atoms with van der Waals surface area (Å²) >= 11 is 0. The second-order valence-electron chi connectivity index (χ2n) is 12.8. The van der Waals surface area contributed by atoms with Crippen LogP contribution >= 0.6 is 0 Å². The largest absolute Gasteiger partial charge is 0.444 e. The summed E-state index contributed by atoms with van der Waals surface area (Å²) in [5, 5.41) is 12.6. The van der Waals surface area contributed by atoms with Crippen LogP contribution in [-0.4, -0.2) is 58.6 Å². The molecular weight excluding hydrogens is 519 g/mol. The molecule has 8 heteroatoms. The molecule has 2 heterocycles. The van der Waals surface area contributed by atoms with Gasteiger partial charge in [0.1, 0.15) is 23.5 Å². The van der Waals surface area contributed by atoms with E-state index >= 15 is 4.39 Å². The van der Waals surface area contributed by atoms with Gasteiger partial charge in [0.15, 0.2) is 0 Å². The minimum absolute atomic E-state index is 0.0265. The molecule has 4 unspecified atom stereocenters. The lowest BCUT2D eigenvalue weighted by molar-refractivity contribution is -0.128. The number of carbonyl (C=O) groups is 2. The number of benzene rings is 2. The van der Waals surface area contributed by atoms with Crippen molar-refractivity contribution in [2.75, 3.05) is 13.1 Å². The van der Waals surface area contributed by atoms with Crippen molar-refractivity contribution in [3.63, 3.8) is 0 Å². The minimum Gasteiger partial charge on any atom is -0.444 e. The molecule has 2 aliphatic heterocycles. The summed E-state index contributed by atoms with van der Waals surface area (Å²) in [5.74, 6) is -0.372. The van der Waals surface area contributed by atoms with Gasteiger partial charge in [-0.15, -0.1) is 0 Å². The summed E-state index contributed by atoms with van der Waals surface area (Å²) < 4.78 is 20.8. The van der Waals surface area contributed by atoms with Crippen LogP contribution in [0.4, 0.5) is 9.18 Å². The zero-order chi connectivity index (χ0) is 29.1. The fourth-order valence-electron chi connectivity index (χ4n) is 6.76. The first-order valence-corrected chi connectivity index (χ1v) is 14.9. The molecule has 0 spiro atoms. The highest BCUT2D eigenvalue weighted by Crippen LogP contribution is 2.43. The number of likely N-dealkylation sites (tertiary alicyclic amines) is 2. The molecule has 5 rings (SSSR count). The van der Waals surface area contributed by atoms with Gasteiger partial charge in [0.25, 0.3) is 0 Å². The van der Waals surface area contributed by atoms with Crippen molar-refractivity contribution < 1.29 is 18.7 Å². The van der Waals surface area contributed by atoms with Crippen LogP contribution < -0.4 is 5.32 Å². The molecule has 1 aliphatic carbocycles. The van der Waals surface area contributed by atoms with Crippen molar-refractivity contribution in [3.05, 3.63) is 71.0 Å². The fourth-order valence-corrected chi connectivity index (χ4v) is 6.76. The van der Waals surface area contributed by atoms with Crippen molar-refractivity contribution in [3.8, 4) is 6.07 Å². The van der Waals surface area contributed by atoms with Crippen LogP contribution in [0.5, 0.6) is 0 Å². The molecule has 4 atom stereocenters.